The van der Waals surface area contributed by atoms with E-state index in [4.69, 9.17) is 4.74 Å². The minimum absolute atomic E-state index is 0.578. The Morgan fingerprint density at radius 3 is 3.07 bits per heavy atom. The molecule has 0 fully saturated rings. The van der Waals surface area contributed by atoms with Crippen molar-refractivity contribution in [3.05, 3.63) is 23.8 Å². The fourth-order valence-corrected chi connectivity index (χ4v) is 1.79. The highest BCUT2D eigenvalue weighted by atomic mass is 16.5. The largest absolute Gasteiger partial charge is 0.493 e. The minimum Gasteiger partial charge on any atom is -0.493 e. The topological polar surface area (TPSA) is 21.3 Å². The van der Waals surface area contributed by atoms with Crippen LogP contribution in [-0.4, -0.2) is 13.2 Å². The van der Waals surface area contributed by atoms with Crippen LogP contribution in [0.25, 0.3) is 0 Å². The monoisotopic (exact) mass is 205 g/mol. The number of benzene rings is 1. The first-order valence-corrected chi connectivity index (χ1v) is 5.75. The van der Waals surface area contributed by atoms with Gasteiger partial charge in [0.2, 0.25) is 0 Å². The average Bonchev–Trinajstić information content (AvgIpc) is 2.26. The fourth-order valence-electron chi connectivity index (χ4n) is 1.79. The number of ether oxygens (including phenoxy) is 1. The highest BCUT2D eigenvalue weighted by Crippen LogP contribution is 2.26. The van der Waals surface area contributed by atoms with E-state index in [0.717, 1.165) is 18.9 Å². The van der Waals surface area contributed by atoms with E-state index in [9.17, 15) is 0 Å². The molecule has 82 valence electrons. The van der Waals surface area contributed by atoms with Crippen molar-refractivity contribution in [3.63, 3.8) is 0 Å². The Kier molecular flexibility index (Phi) is 3.14. The third kappa shape index (κ3) is 2.65. The molecule has 15 heavy (non-hydrogen) atoms. The summed E-state index contributed by atoms with van der Waals surface area (Å²) < 4.78 is 5.69. The predicted molar refractivity (Wildman–Crippen MR) is 63.6 cm³/mol. The van der Waals surface area contributed by atoms with Gasteiger partial charge < -0.3 is 10.1 Å². The second-order valence-electron chi connectivity index (χ2n) is 4.55. The van der Waals surface area contributed by atoms with Gasteiger partial charge in [-0.25, -0.2) is 0 Å². The van der Waals surface area contributed by atoms with E-state index in [1.54, 1.807) is 0 Å². The van der Waals surface area contributed by atoms with Gasteiger partial charge in [0.05, 0.1) is 6.61 Å². The first-order valence-electron chi connectivity index (χ1n) is 5.75. The van der Waals surface area contributed by atoms with Crippen LogP contribution in [0.3, 0.4) is 0 Å². The van der Waals surface area contributed by atoms with E-state index in [1.807, 2.05) is 0 Å². The van der Waals surface area contributed by atoms with Gasteiger partial charge in [-0.2, -0.15) is 0 Å². The lowest BCUT2D eigenvalue weighted by Gasteiger charge is -2.19. The summed E-state index contributed by atoms with van der Waals surface area (Å²) in [5.74, 6) is 1.56. The van der Waals surface area contributed by atoms with Gasteiger partial charge in [0.15, 0.2) is 0 Å². The van der Waals surface area contributed by atoms with Crippen molar-refractivity contribution in [2.75, 3.05) is 18.5 Å². The third-order valence-electron chi connectivity index (χ3n) is 2.60. The van der Waals surface area contributed by atoms with E-state index in [0.29, 0.717) is 5.92 Å². The molecule has 1 aromatic carbocycles. The first-order chi connectivity index (χ1) is 7.25. The molecule has 1 heterocycles. The Morgan fingerprint density at radius 2 is 2.27 bits per heavy atom. The first kappa shape index (κ1) is 10.3. The molecule has 0 amide bonds. The standard InChI is InChI=1S/C13H19NO/c1-10(2)9-15-12-6-5-11-4-3-7-14-13(11)8-12/h5-6,8,10,14H,3-4,7,9H2,1-2H3. The Balaban J connectivity index is 2.07. The summed E-state index contributed by atoms with van der Waals surface area (Å²) in [7, 11) is 0. The van der Waals surface area contributed by atoms with Gasteiger partial charge in [-0.3, -0.25) is 0 Å². The average molecular weight is 205 g/mol. The summed E-state index contributed by atoms with van der Waals surface area (Å²) in [5.41, 5.74) is 2.67. The predicted octanol–water partition coefficient (Wildman–Crippen LogP) is 3.08. The van der Waals surface area contributed by atoms with Crippen LogP contribution in [0.1, 0.15) is 25.8 Å². The Morgan fingerprint density at radius 1 is 1.40 bits per heavy atom. The van der Waals surface area contributed by atoms with Crippen LogP contribution in [-0.2, 0) is 6.42 Å². The molecule has 0 bridgehead atoms. The Hall–Kier alpha value is -1.18. The molecular formula is C13H19NO. The molecule has 0 aliphatic carbocycles. The van der Waals surface area contributed by atoms with E-state index in [-0.39, 0.29) is 0 Å². The molecule has 0 atom stereocenters. The van der Waals surface area contributed by atoms with Crippen LogP contribution in [0.2, 0.25) is 0 Å². The zero-order valence-corrected chi connectivity index (χ0v) is 9.55. The summed E-state index contributed by atoms with van der Waals surface area (Å²) in [6.07, 6.45) is 2.42. The molecule has 0 saturated carbocycles. The van der Waals surface area contributed by atoms with E-state index in [2.05, 4.69) is 37.4 Å². The SMILES string of the molecule is CC(C)COc1ccc2c(c1)NCCC2. The fraction of sp³-hybridized carbons (Fsp3) is 0.538. The molecule has 1 aliphatic heterocycles. The molecule has 2 rings (SSSR count). The maximum Gasteiger partial charge on any atom is 0.121 e. The number of anilines is 1. The number of fused-ring (bicyclic) bond motifs is 1. The van der Waals surface area contributed by atoms with Crippen molar-refractivity contribution < 1.29 is 4.74 Å². The molecule has 0 saturated heterocycles. The van der Waals surface area contributed by atoms with Crippen molar-refractivity contribution in [3.8, 4) is 5.75 Å². The molecule has 1 aliphatic rings. The highest BCUT2D eigenvalue weighted by Gasteiger charge is 2.09. The van der Waals surface area contributed by atoms with Crippen LogP contribution in [0.15, 0.2) is 18.2 Å². The van der Waals surface area contributed by atoms with Crippen LogP contribution in [0.5, 0.6) is 5.75 Å². The second kappa shape index (κ2) is 4.56. The van der Waals surface area contributed by atoms with E-state index >= 15 is 0 Å². The number of nitrogens with one attached hydrogen (secondary N) is 1. The molecule has 0 aromatic heterocycles. The molecule has 2 heteroatoms. The highest BCUT2D eigenvalue weighted by molar-refractivity contribution is 5.56. The summed E-state index contributed by atoms with van der Waals surface area (Å²) >= 11 is 0. The Labute approximate surface area is 91.6 Å². The maximum absolute atomic E-state index is 5.69. The second-order valence-corrected chi connectivity index (χ2v) is 4.55. The molecule has 2 nitrogen and oxygen atoms in total. The van der Waals surface area contributed by atoms with Crippen molar-refractivity contribution in [2.45, 2.75) is 26.7 Å². The number of hydrogen-bond donors (Lipinski definition) is 1. The Bertz CT molecular complexity index is 333. The quantitative estimate of drug-likeness (QED) is 0.818. The smallest absolute Gasteiger partial charge is 0.121 e. The zero-order chi connectivity index (χ0) is 10.7. The van der Waals surface area contributed by atoms with Crippen LogP contribution < -0.4 is 10.1 Å². The van der Waals surface area contributed by atoms with Crippen molar-refractivity contribution >= 4 is 5.69 Å². The number of aryl methyl sites for hydroxylation is 1. The van der Waals surface area contributed by atoms with Gasteiger partial charge >= 0.3 is 0 Å². The van der Waals surface area contributed by atoms with Crippen LogP contribution in [0, 0.1) is 5.92 Å². The van der Waals surface area contributed by atoms with Crippen molar-refractivity contribution in [2.24, 2.45) is 5.92 Å². The van der Waals surface area contributed by atoms with E-state index < -0.39 is 0 Å². The lowest BCUT2D eigenvalue weighted by molar-refractivity contribution is 0.271. The van der Waals surface area contributed by atoms with Crippen molar-refractivity contribution in [1.29, 1.82) is 0 Å². The van der Waals surface area contributed by atoms with Crippen LogP contribution in [0.4, 0.5) is 5.69 Å². The molecule has 0 unspecified atom stereocenters. The summed E-state index contributed by atoms with van der Waals surface area (Å²) in [5, 5.41) is 3.41. The number of hydrogen-bond acceptors (Lipinski definition) is 2. The lowest BCUT2D eigenvalue weighted by Crippen LogP contribution is -2.12. The van der Waals surface area contributed by atoms with Gasteiger partial charge in [0.1, 0.15) is 5.75 Å². The number of rotatable bonds is 3. The van der Waals surface area contributed by atoms with Gasteiger partial charge in [0.25, 0.3) is 0 Å². The lowest BCUT2D eigenvalue weighted by atomic mass is 10.0. The summed E-state index contributed by atoms with van der Waals surface area (Å²) in [6.45, 7) is 6.20. The van der Waals surface area contributed by atoms with Gasteiger partial charge in [-0.15, -0.1) is 0 Å². The summed E-state index contributed by atoms with van der Waals surface area (Å²) in [4.78, 5) is 0. The van der Waals surface area contributed by atoms with Gasteiger partial charge in [-0.05, 0) is 30.4 Å². The third-order valence-corrected chi connectivity index (χ3v) is 2.60. The molecule has 0 radical (unpaired) electrons. The normalized spacial score (nSPS) is 14.6. The van der Waals surface area contributed by atoms with E-state index in [1.165, 1.54) is 24.1 Å². The van der Waals surface area contributed by atoms with Gasteiger partial charge in [0, 0.05) is 18.3 Å². The minimum atomic E-state index is 0.578. The maximum atomic E-state index is 5.69. The van der Waals surface area contributed by atoms with Crippen LogP contribution >= 0.6 is 0 Å². The zero-order valence-electron chi connectivity index (χ0n) is 9.55. The molecule has 0 spiro atoms. The van der Waals surface area contributed by atoms with Gasteiger partial charge in [-0.1, -0.05) is 19.9 Å². The molecule has 1 aromatic rings. The van der Waals surface area contributed by atoms with Crippen molar-refractivity contribution in [1.82, 2.24) is 0 Å². The summed E-state index contributed by atoms with van der Waals surface area (Å²) in [6, 6.07) is 6.38. The molecule has 1 N–H and O–H groups in total. The molecular weight excluding hydrogens is 186 g/mol.